The third-order valence-electron chi connectivity index (χ3n) is 4.43. The molecule has 0 spiro atoms. The quantitative estimate of drug-likeness (QED) is 0.546. The van der Waals surface area contributed by atoms with Crippen LogP contribution in [0.15, 0.2) is 46.3 Å². The number of aryl methyl sites for hydroxylation is 2. The molecule has 0 aliphatic carbocycles. The zero-order valence-electron chi connectivity index (χ0n) is 16.5. The lowest BCUT2D eigenvalue weighted by Gasteiger charge is -2.14. The van der Waals surface area contributed by atoms with E-state index in [-0.39, 0.29) is 11.8 Å². The zero-order valence-corrected chi connectivity index (χ0v) is 18.9. The summed E-state index contributed by atoms with van der Waals surface area (Å²) in [6.07, 6.45) is 0. The lowest BCUT2D eigenvalue weighted by Crippen LogP contribution is -2.44. The number of nitrogens with one attached hydrogen (secondary N) is 2. The number of rotatable bonds is 7. The Hall–Kier alpha value is -2.45. The van der Waals surface area contributed by atoms with Crippen LogP contribution in [-0.2, 0) is 17.9 Å². The van der Waals surface area contributed by atoms with Gasteiger partial charge in [0, 0.05) is 12.2 Å². The van der Waals surface area contributed by atoms with Gasteiger partial charge in [-0.3, -0.25) is 14.3 Å². The maximum atomic E-state index is 12.4. The molecule has 29 heavy (non-hydrogen) atoms. The average molecular weight is 475 g/mol. The van der Waals surface area contributed by atoms with E-state index in [9.17, 15) is 9.59 Å². The third kappa shape index (κ3) is 5.77. The van der Waals surface area contributed by atoms with Gasteiger partial charge in [-0.25, -0.2) is 0 Å². The van der Waals surface area contributed by atoms with Crippen molar-refractivity contribution < 1.29 is 9.59 Å². The van der Waals surface area contributed by atoms with Crippen LogP contribution >= 0.6 is 27.3 Å². The fourth-order valence-corrected chi connectivity index (χ4v) is 4.25. The van der Waals surface area contributed by atoms with Crippen molar-refractivity contribution in [2.24, 2.45) is 0 Å². The number of hydrogen-bond acceptors (Lipinski definition) is 4. The van der Waals surface area contributed by atoms with Crippen molar-refractivity contribution in [2.75, 3.05) is 0 Å². The van der Waals surface area contributed by atoms with Crippen LogP contribution in [0, 0.1) is 13.8 Å². The summed E-state index contributed by atoms with van der Waals surface area (Å²) in [6.45, 7) is 6.77. The molecular formula is C21H23BrN4O2S. The van der Waals surface area contributed by atoms with E-state index in [1.165, 1.54) is 11.3 Å². The summed E-state index contributed by atoms with van der Waals surface area (Å²) in [4.78, 5) is 25.1. The zero-order chi connectivity index (χ0) is 21.0. The Labute approximate surface area is 182 Å². The van der Waals surface area contributed by atoms with Gasteiger partial charge in [0.15, 0.2) is 0 Å². The Balaban J connectivity index is 1.54. The van der Waals surface area contributed by atoms with Crippen LogP contribution in [-0.4, -0.2) is 27.6 Å². The molecule has 3 aromatic rings. The second kappa shape index (κ2) is 9.37. The topological polar surface area (TPSA) is 76.0 Å². The molecule has 0 radical (unpaired) electrons. The van der Waals surface area contributed by atoms with E-state index in [1.54, 1.807) is 13.0 Å². The number of aromatic nitrogens is 2. The molecule has 0 aliphatic rings. The Bertz CT molecular complexity index is 1030. The SMILES string of the molecule is Cc1cc(C)n(Cc2cccc(CNC(=O)[C@@H](C)NC(=O)c3ccc(Br)s3)c2)n1. The molecule has 0 saturated heterocycles. The van der Waals surface area contributed by atoms with Crippen molar-refractivity contribution in [2.45, 2.75) is 39.9 Å². The average Bonchev–Trinajstić information content (AvgIpc) is 3.25. The van der Waals surface area contributed by atoms with Crippen LogP contribution in [0.2, 0.25) is 0 Å². The van der Waals surface area contributed by atoms with Crippen LogP contribution in [0.5, 0.6) is 0 Å². The van der Waals surface area contributed by atoms with Crippen LogP contribution in [0.1, 0.15) is 39.1 Å². The van der Waals surface area contributed by atoms with Crippen molar-refractivity contribution in [1.82, 2.24) is 20.4 Å². The van der Waals surface area contributed by atoms with E-state index in [1.807, 2.05) is 42.8 Å². The highest BCUT2D eigenvalue weighted by Gasteiger charge is 2.17. The molecule has 0 bridgehead atoms. The predicted octanol–water partition coefficient (Wildman–Crippen LogP) is 3.81. The number of hydrogen-bond donors (Lipinski definition) is 2. The molecule has 0 fully saturated rings. The van der Waals surface area contributed by atoms with Crippen molar-refractivity contribution in [3.05, 3.63) is 73.6 Å². The van der Waals surface area contributed by atoms with E-state index >= 15 is 0 Å². The van der Waals surface area contributed by atoms with Gasteiger partial charge >= 0.3 is 0 Å². The van der Waals surface area contributed by atoms with Crippen molar-refractivity contribution in [3.8, 4) is 0 Å². The largest absolute Gasteiger partial charge is 0.350 e. The van der Waals surface area contributed by atoms with Gasteiger partial charge in [0.25, 0.3) is 5.91 Å². The summed E-state index contributed by atoms with van der Waals surface area (Å²) in [5.74, 6) is -0.479. The number of nitrogens with zero attached hydrogens (tertiary/aromatic N) is 2. The van der Waals surface area contributed by atoms with Gasteiger partial charge in [-0.2, -0.15) is 5.10 Å². The number of carbonyl (C=O) groups excluding carboxylic acids is 2. The summed E-state index contributed by atoms with van der Waals surface area (Å²) in [5, 5.41) is 10.1. The molecule has 1 aromatic carbocycles. The molecule has 1 atom stereocenters. The first-order chi connectivity index (χ1) is 13.8. The van der Waals surface area contributed by atoms with E-state index in [4.69, 9.17) is 0 Å². The van der Waals surface area contributed by atoms with Gasteiger partial charge in [0.1, 0.15) is 6.04 Å². The second-order valence-electron chi connectivity index (χ2n) is 6.92. The van der Waals surface area contributed by atoms with E-state index in [2.05, 4.69) is 43.8 Å². The van der Waals surface area contributed by atoms with Gasteiger partial charge in [-0.1, -0.05) is 24.3 Å². The molecule has 2 amide bonds. The highest BCUT2D eigenvalue weighted by Crippen LogP contribution is 2.21. The lowest BCUT2D eigenvalue weighted by molar-refractivity contribution is -0.122. The number of halogens is 1. The summed E-state index contributed by atoms with van der Waals surface area (Å²) in [5.41, 5.74) is 4.23. The predicted molar refractivity (Wildman–Crippen MR) is 118 cm³/mol. The van der Waals surface area contributed by atoms with Crippen molar-refractivity contribution in [1.29, 1.82) is 0 Å². The number of amides is 2. The first-order valence-electron chi connectivity index (χ1n) is 9.24. The minimum atomic E-state index is -0.624. The summed E-state index contributed by atoms with van der Waals surface area (Å²) in [6, 6.07) is 13.0. The normalized spacial score (nSPS) is 11.9. The molecule has 0 saturated carbocycles. The molecule has 152 valence electrons. The maximum Gasteiger partial charge on any atom is 0.262 e. The molecule has 2 heterocycles. The Kier molecular flexibility index (Phi) is 6.87. The minimum Gasteiger partial charge on any atom is -0.350 e. The van der Waals surface area contributed by atoms with Crippen LogP contribution < -0.4 is 10.6 Å². The summed E-state index contributed by atoms with van der Waals surface area (Å²) < 4.78 is 2.84. The Morgan fingerprint density at radius 3 is 2.59 bits per heavy atom. The van der Waals surface area contributed by atoms with E-state index in [0.717, 1.165) is 26.3 Å². The summed E-state index contributed by atoms with van der Waals surface area (Å²) in [7, 11) is 0. The fourth-order valence-electron chi connectivity index (χ4n) is 2.96. The molecule has 0 unspecified atom stereocenters. The van der Waals surface area contributed by atoms with E-state index < -0.39 is 6.04 Å². The Morgan fingerprint density at radius 1 is 1.17 bits per heavy atom. The third-order valence-corrected chi connectivity index (χ3v) is 6.05. The molecular weight excluding hydrogens is 452 g/mol. The van der Waals surface area contributed by atoms with Gasteiger partial charge in [0.05, 0.1) is 20.9 Å². The summed E-state index contributed by atoms with van der Waals surface area (Å²) >= 11 is 4.66. The van der Waals surface area contributed by atoms with Gasteiger partial charge in [-0.15, -0.1) is 11.3 Å². The van der Waals surface area contributed by atoms with Gasteiger partial charge in [0.2, 0.25) is 5.91 Å². The van der Waals surface area contributed by atoms with Crippen LogP contribution in [0.3, 0.4) is 0 Å². The Morgan fingerprint density at radius 2 is 1.93 bits per heavy atom. The fraction of sp³-hybridized carbons (Fsp3) is 0.286. The maximum absolute atomic E-state index is 12.4. The molecule has 2 aromatic heterocycles. The van der Waals surface area contributed by atoms with E-state index in [0.29, 0.717) is 18.0 Å². The van der Waals surface area contributed by atoms with Crippen LogP contribution in [0.25, 0.3) is 0 Å². The number of carbonyl (C=O) groups is 2. The highest BCUT2D eigenvalue weighted by molar-refractivity contribution is 9.11. The van der Waals surface area contributed by atoms with Gasteiger partial charge < -0.3 is 10.6 Å². The first-order valence-corrected chi connectivity index (χ1v) is 10.9. The van der Waals surface area contributed by atoms with Gasteiger partial charge in [-0.05, 0) is 66.0 Å². The first kappa shape index (κ1) is 21.3. The lowest BCUT2D eigenvalue weighted by atomic mass is 10.1. The number of benzene rings is 1. The smallest absolute Gasteiger partial charge is 0.262 e. The molecule has 0 aliphatic heterocycles. The second-order valence-corrected chi connectivity index (χ2v) is 9.38. The standard InChI is InChI=1S/C21H23BrN4O2S/c1-13-9-14(2)26(25-13)12-17-6-4-5-16(10-17)11-23-20(27)15(3)24-21(28)18-7-8-19(22)29-18/h4-10,15H,11-12H2,1-3H3,(H,23,27)(H,24,28)/t15-/m1/s1. The van der Waals surface area contributed by atoms with Crippen molar-refractivity contribution in [3.63, 3.8) is 0 Å². The monoisotopic (exact) mass is 474 g/mol. The molecule has 2 N–H and O–H groups in total. The minimum absolute atomic E-state index is 0.224. The molecule has 3 rings (SSSR count). The molecule has 6 nitrogen and oxygen atoms in total. The van der Waals surface area contributed by atoms with Crippen LogP contribution in [0.4, 0.5) is 0 Å². The molecule has 8 heteroatoms. The van der Waals surface area contributed by atoms with Crippen molar-refractivity contribution >= 4 is 39.1 Å². The highest BCUT2D eigenvalue weighted by atomic mass is 79.9. The number of thiophene rings is 1.